The summed E-state index contributed by atoms with van der Waals surface area (Å²) in [6.45, 7) is 5.29. The van der Waals surface area contributed by atoms with Crippen molar-refractivity contribution in [3.8, 4) is 0 Å². The predicted octanol–water partition coefficient (Wildman–Crippen LogP) is 1.95. The van der Waals surface area contributed by atoms with Crippen molar-refractivity contribution in [2.24, 2.45) is 0 Å². The first kappa shape index (κ1) is 9.62. The maximum atomic E-state index is 5.58. The van der Waals surface area contributed by atoms with E-state index in [1.807, 2.05) is 26.1 Å². The third-order valence-electron chi connectivity index (χ3n) is 2.42. The molecular weight excluding hydrogens is 178 g/mol. The first-order chi connectivity index (χ1) is 6.67. The van der Waals surface area contributed by atoms with Gasteiger partial charge in [0.25, 0.3) is 0 Å². The summed E-state index contributed by atoms with van der Waals surface area (Å²) in [5.74, 6) is -0.115. The largest absolute Gasteiger partial charge is 0.350 e. The Bertz CT molecular complexity index is 287. The van der Waals surface area contributed by atoms with E-state index >= 15 is 0 Å². The van der Waals surface area contributed by atoms with Crippen LogP contribution in [-0.4, -0.2) is 24.0 Å². The summed E-state index contributed by atoms with van der Waals surface area (Å²) in [5, 5.41) is 0. The molecule has 0 aliphatic carbocycles. The molecule has 2 heterocycles. The van der Waals surface area contributed by atoms with Crippen molar-refractivity contribution in [2.45, 2.75) is 25.6 Å². The molecule has 3 heteroatoms. The second kappa shape index (κ2) is 3.67. The minimum atomic E-state index is -0.432. The molecule has 1 aliphatic rings. The van der Waals surface area contributed by atoms with E-state index in [0.29, 0.717) is 19.1 Å². The highest BCUT2D eigenvalue weighted by Gasteiger charge is 2.28. The minimum absolute atomic E-state index is 0.316. The number of nitrogens with zero attached hydrogens (tertiary/aromatic N) is 1. The maximum absolute atomic E-state index is 5.58. The molecule has 14 heavy (non-hydrogen) atoms. The van der Waals surface area contributed by atoms with Gasteiger partial charge in [-0.25, -0.2) is 0 Å². The van der Waals surface area contributed by atoms with Crippen LogP contribution in [0.5, 0.6) is 0 Å². The van der Waals surface area contributed by atoms with Crippen LogP contribution < -0.4 is 0 Å². The van der Waals surface area contributed by atoms with Gasteiger partial charge in [-0.15, -0.1) is 0 Å². The van der Waals surface area contributed by atoms with E-state index < -0.39 is 5.79 Å². The van der Waals surface area contributed by atoms with Crippen LogP contribution in [0.1, 0.15) is 25.3 Å². The fraction of sp³-hybridized carbons (Fsp3) is 0.545. The van der Waals surface area contributed by atoms with E-state index in [1.165, 1.54) is 5.56 Å². The van der Waals surface area contributed by atoms with E-state index in [1.54, 1.807) is 6.20 Å². The normalized spacial score (nSPS) is 22.1. The summed E-state index contributed by atoms with van der Waals surface area (Å²) in [6, 6.07) is 4.00. The van der Waals surface area contributed by atoms with Crippen molar-refractivity contribution in [3.05, 3.63) is 30.1 Å². The molecule has 0 aromatic carbocycles. The predicted molar refractivity (Wildman–Crippen MR) is 53.0 cm³/mol. The van der Waals surface area contributed by atoms with Gasteiger partial charge in [-0.05, 0) is 25.5 Å². The number of rotatable bonds is 1. The van der Waals surface area contributed by atoms with Crippen LogP contribution in [0.3, 0.4) is 0 Å². The summed E-state index contributed by atoms with van der Waals surface area (Å²) in [7, 11) is 0. The minimum Gasteiger partial charge on any atom is -0.350 e. The Balaban J connectivity index is 2.03. The Kier molecular flexibility index (Phi) is 2.52. The van der Waals surface area contributed by atoms with Gasteiger partial charge in [0.15, 0.2) is 5.79 Å². The van der Waals surface area contributed by atoms with Crippen molar-refractivity contribution in [2.75, 3.05) is 13.2 Å². The van der Waals surface area contributed by atoms with Crippen molar-refractivity contribution < 1.29 is 9.47 Å². The Labute approximate surface area is 84.1 Å². The van der Waals surface area contributed by atoms with Crippen LogP contribution in [0.4, 0.5) is 0 Å². The average Bonchev–Trinajstić information content (AvgIpc) is 2.19. The van der Waals surface area contributed by atoms with Crippen molar-refractivity contribution in [1.82, 2.24) is 4.98 Å². The molecule has 1 aromatic rings. The van der Waals surface area contributed by atoms with E-state index in [2.05, 4.69) is 11.1 Å². The number of aromatic nitrogens is 1. The zero-order valence-corrected chi connectivity index (χ0v) is 8.56. The maximum Gasteiger partial charge on any atom is 0.162 e. The third-order valence-corrected chi connectivity index (χ3v) is 2.42. The van der Waals surface area contributed by atoms with Crippen LogP contribution in [0.25, 0.3) is 0 Å². The molecule has 3 nitrogen and oxygen atoms in total. The lowest BCUT2D eigenvalue weighted by Crippen LogP contribution is -2.38. The monoisotopic (exact) mass is 193 g/mol. The van der Waals surface area contributed by atoms with Crippen molar-refractivity contribution in [1.29, 1.82) is 0 Å². The van der Waals surface area contributed by atoms with Gasteiger partial charge in [-0.3, -0.25) is 4.98 Å². The summed E-state index contributed by atoms with van der Waals surface area (Å²) in [4.78, 5) is 4.09. The second-order valence-electron chi connectivity index (χ2n) is 4.01. The standard InChI is InChI=1S/C11H15NO2/c1-11(2)13-7-10(8-14-11)9-4-3-5-12-6-9/h3-6,10H,7-8H2,1-2H3. The molecule has 0 radical (unpaired) electrons. The van der Waals surface area contributed by atoms with Gasteiger partial charge in [-0.1, -0.05) is 6.07 Å². The van der Waals surface area contributed by atoms with Crippen LogP contribution >= 0.6 is 0 Å². The van der Waals surface area contributed by atoms with Crippen LogP contribution in [0.15, 0.2) is 24.5 Å². The van der Waals surface area contributed by atoms with Gasteiger partial charge in [-0.2, -0.15) is 0 Å². The summed E-state index contributed by atoms with van der Waals surface area (Å²) in [6.07, 6.45) is 3.65. The van der Waals surface area contributed by atoms with Crippen LogP contribution in [-0.2, 0) is 9.47 Å². The first-order valence-corrected chi connectivity index (χ1v) is 4.85. The molecule has 0 unspecified atom stereocenters. The number of pyridine rings is 1. The number of hydrogen-bond acceptors (Lipinski definition) is 3. The Morgan fingerprint density at radius 2 is 2.07 bits per heavy atom. The molecule has 0 atom stereocenters. The van der Waals surface area contributed by atoms with E-state index in [4.69, 9.17) is 9.47 Å². The first-order valence-electron chi connectivity index (χ1n) is 4.85. The lowest BCUT2D eigenvalue weighted by molar-refractivity contribution is -0.251. The highest BCUT2D eigenvalue weighted by atomic mass is 16.7. The highest BCUT2D eigenvalue weighted by molar-refractivity contribution is 5.15. The molecule has 2 rings (SSSR count). The van der Waals surface area contributed by atoms with E-state index in [9.17, 15) is 0 Å². The van der Waals surface area contributed by atoms with Gasteiger partial charge in [0, 0.05) is 18.3 Å². The third kappa shape index (κ3) is 2.11. The molecule has 0 bridgehead atoms. The molecule has 0 N–H and O–H groups in total. The molecule has 0 amide bonds. The Morgan fingerprint density at radius 3 is 2.64 bits per heavy atom. The number of ether oxygens (including phenoxy) is 2. The van der Waals surface area contributed by atoms with Crippen LogP contribution in [0, 0.1) is 0 Å². The average molecular weight is 193 g/mol. The quantitative estimate of drug-likeness (QED) is 0.683. The summed E-state index contributed by atoms with van der Waals surface area (Å²) < 4.78 is 11.2. The van der Waals surface area contributed by atoms with Gasteiger partial charge < -0.3 is 9.47 Å². The van der Waals surface area contributed by atoms with Gasteiger partial charge >= 0.3 is 0 Å². The molecule has 1 fully saturated rings. The molecular formula is C11H15NO2. The van der Waals surface area contributed by atoms with Crippen molar-refractivity contribution in [3.63, 3.8) is 0 Å². The molecule has 0 saturated carbocycles. The molecule has 0 spiro atoms. The fourth-order valence-corrected chi connectivity index (χ4v) is 1.50. The Hall–Kier alpha value is -0.930. The summed E-state index contributed by atoms with van der Waals surface area (Å²) in [5.41, 5.74) is 1.18. The molecule has 1 aromatic heterocycles. The summed E-state index contributed by atoms with van der Waals surface area (Å²) >= 11 is 0. The van der Waals surface area contributed by atoms with E-state index in [0.717, 1.165) is 0 Å². The lowest BCUT2D eigenvalue weighted by atomic mass is 10.0. The van der Waals surface area contributed by atoms with Gasteiger partial charge in [0.1, 0.15) is 0 Å². The fourth-order valence-electron chi connectivity index (χ4n) is 1.50. The highest BCUT2D eigenvalue weighted by Crippen LogP contribution is 2.26. The zero-order chi connectivity index (χ0) is 10.0. The van der Waals surface area contributed by atoms with Gasteiger partial charge in [0.05, 0.1) is 13.2 Å². The molecule has 76 valence electrons. The van der Waals surface area contributed by atoms with Gasteiger partial charge in [0.2, 0.25) is 0 Å². The van der Waals surface area contributed by atoms with E-state index in [-0.39, 0.29) is 0 Å². The lowest BCUT2D eigenvalue weighted by Gasteiger charge is -2.34. The van der Waals surface area contributed by atoms with Crippen molar-refractivity contribution >= 4 is 0 Å². The number of hydrogen-bond donors (Lipinski definition) is 0. The SMILES string of the molecule is CC1(C)OCC(c2cccnc2)CO1. The molecule has 1 saturated heterocycles. The topological polar surface area (TPSA) is 31.4 Å². The molecule has 1 aliphatic heterocycles. The zero-order valence-electron chi connectivity index (χ0n) is 8.56. The Morgan fingerprint density at radius 1 is 1.36 bits per heavy atom. The smallest absolute Gasteiger partial charge is 0.162 e. The second-order valence-corrected chi connectivity index (χ2v) is 4.01. The van der Waals surface area contributed by atoms with Crippen LogP contribution in [0.2, 0.25) is 0 Å².